The molecule has 0 aliphatic carbocycles. The summed E-state index contributed by atoms with van der Waals surface area (Å²) in [6.07, 6.45) is 0.154. The minimum absolute atomic E-state index is 0.0484. The zero-order valence-electron chi connectivity index (χ0n) is 13.4. The van der Waals surface area contributed by atoms with Crippen LogP contribution < -0.4 is 0 Å². The number of morpholine rings is 1. The van der Waals surface area contributed by atoms with Crippen molar-refractivity contribution < 1.29 is 9.53 Å². The van der Waals surface area contributed by atoms with Gasteiger partial charge >= 0.3 is 0 Å². The standard InChI is InChI=1S/C19H20N2O2/c1-12-10-21(11-13(2)23-12)19(22)18-9-16-15-6-4-3-5-14(15)7-8-17(16)20-18/h3-9,12-13,20H,10-11H2,1-2H3. The summed E-state index contributed by atoms with van der Waals surface area (Å²) in [5.74, 6) is 0.0484. The second-order valence-electron chi connectivity index (χ2n) is 6.40. The van der Waals surface area contributed by atoms with E-state index in [9.17, 15) is 4.79 Å². The van der Waals surface area contributed by atoms with E-state index < -0.39 is 0 Å². The number of amides is 1. The molecule has 1 aliphatic rings. The molecule has 2 heterocycles. The number of nitrogens with one attached hydrogen (secondary N) is 1. The quantitative estimate of drug-likeness (QED) is 0.747. The van der Waals surface area contributed by atoms with Gasteiger partial charge in [-0.3, -0.25) is 4.79 Å². The van der Waals surface area contributed by atoms with Crippen LogP contribution in [0.25, 0.3) is 21.7 Å². The molecule has 3 aromatic rings. The lowest BCUT2D eigenvalue weighted by atomic mass is 10.1. The number of benzene rings is 2. The number of aromatic amines is 1. The van der Waals surface area contributed by atoms with Crippen LogP contribution >= 0.6 is 0 Å². The normalized spacial score (nSPS) is 21.9. The summed E-state index contributed by atoms with van der Waals surface area (Å²) in [7, 11) is 0. The first-order valence-electron chi connectivity index (χ1n) is 8.07. The minimum Gasteiger partial charge on any atom is -0.372 e. The van der Waals surface area contributed by atoms with Gasteiger partial charge in [0.1, 0.15) is 5.69 Å². The van der Waals surface area contributed by atoms with E-state index in [4.69, 9.17) is 4.74 Å². The smallest absolute Gasteiger partial charge is 0.270 e. The molecule has 0 saturated carbocycles. The Morgan fingerprint density at radius 2 is 1.83 bits per heavy atom. The Balaban J connectivity index is 1.74. The molecular formula is C19H20N2O2. The van der Waals surface area contributed by atoms with E-state index in [2.05, 4.69) is 23.2 Å². The topological polar surface area (TPSA) is 45.3 Å². The third-order valence-electron chi connectivity index (χ3n) is 4.47. The van der Waals surface area contributed by atoms with E-state index in [1.54, 1.807) is 0 Å². The SMILES string of the molecule is CC1CN(C(=O)c2cc3c(ccc4ccccc43)[nH]2)CC(C)O1. The number of rotatable bonds is 1. The molecule has 1 aliphatic heterocycles. The second-order valence-corrected chi connectivity index (χ2v) is 6.40. The predicted octanol–water partition coefficient (Wildman–Crippen LogP) is 3.57. The highest BCUT2D eigenvalue weighted by Crippen LogP contribution is 2.26. The third kappa shape index (κ3) is 2.49. The average molecular weight is 308 g/mol. The number of carbonyl (C=O) groups excluding carboxylic acids is 1. The van der Waals surface area contributed by atoms with Gasteiger partial charge in [-0.25, -0.2) is 0 Å². The number of hydrogen-bond acceptors (Lipinski definition) is 2. The first kappa shape index (κ1) is 14.3. The zero-order valence-corrected chi connectivity index (χ0v) is 13.4. The molecule has 4 heteroatoms. The van der Waals surface area contributed by atoms with Crippen molar-refractivity contribution in [3.05, 3.63) is 48.2 Å². The number of H-pyrrole nitrogens is 1. The number of fused-ring (bicyclic) bond motifs is 3. The Morgan fingerprint density at radius 3 is 2.61 bits per heavy atom. The van der Waals surface area contributed by atoms with Gasteiger partial charge in [-0.1, -0.05) is 30.3 Å². The molecule has 0 radical (unpaired) electrons. The van der Waals surface area contributed by atoms with Crippen molar-refractivity contribution in [3.8, 4) is 0 Å². The van der Waals surface area contributed by atoms with E-state index in [0.717, 1.165) is 10.9 Å². The maximum atomic E-state index is 12.8. The van der Waals surface area contributed by atoms with Crippen molar-refractivity contribution >= 4 is 27.6 Å². The summed E-state index contributed by atoms with van der Waals surface area (Å²) in [5.41, 5.74) is 1.65. The van der Waals surface area contributed by atoms with E-state index in [0.29, 0.717) is 18.8 Å². The van der Waals surface area contributed by atoms with Crippen LogP contribution in [0.15, 0.2) is 42.5 Å². The van der Waals surface area contributed by atoms with Gasteiger partial charge in [-0.2, -0.15) is 0 Å². The maximum absolute atomic E-state index is 12.8. The van der Waals surface area contributed by atoms with Crippen LogP contribution in [0.5, 0.6) is 0 Å². The van der Waals surface area contributed by atoms with Crippen molar-refractivity contribution in [3.63, 3.8) is 0 Å². The largest absolute Gasteiger partial charge is 0.372 e. The van der Waals surface area contributed by atoms with Gasteiger partial charge in [0.25, 0.3) is 5.91 Å². The van der Waals surface area contributed by atoms with Gasteiger partial charge in [-0.15, -0.1) is 0 Å². The highest BCUT2D eigenvalue weighted by molar-refractivity contribution is 6.09. The number of hydrogen-bond donors (Lipinski definition) is 1. The summed E-state index contributed by atoms with van der Waals surface area (Å²) >= 11 is 0. The molecule has 1 saturated heterocycles. The second kappa shape index (κ2) is 5.39. The molecule has 1 aromatic heterocycles. The van der Waals surface area contributed by atoms with Gasteiger partial charge in [0.05, 0.1) is 12.2 Å². The first-order valence-corrected chi connectivity index (χ1v) is 8.07. The van der Waals surface area contributed by atoms with E-state index in [-0.39, 0.29) is 18.1 Å². The Bertz CT molecular complexity index is 873. The minimum atomic E-state index is 0.0484. The van der Waals surface area contributed by atoms with Gasteiger partial charge < -0.3 is 14.6 Å². The van der Waals surface area contributed by atoms with Crippen LogP contribution in [0.3, 0.4) is 0 Å². The molecule has 1 amide bonds. The Hall–Kier alpha value is -2.33. The molecule has 118 valence electrons. The fraction of sp³-hybridized carbons (Fsp3) is 0.316. The van der Waals surface area contributed by atoms with Crippen molar-refractivity contribution in [2.45, 2.75) is 26.1 Å². The number of ether oxygens (including phenoxy) is 1. The fourth-order valence-corrected chi connectivity index (χ4v) is 3.51. The summed E-state index contributed by atoms with van der Waals surface area (Å²) in [5, 5.41) is 3.46. The number of carbonyl (C=O) groups is 1. The lowest BCUT2D eigenvalue weighted by molar-refractivity contribution is -0.0587. The van der Waals surface area contributed by atoms with Crippen molar-refractivity contribution in [1.29, 1.82) is 0 Å². The number of nitrogens with zero attached hydrogens (tertiary/aromatic N) is 1. The lowest BCUT2D eigenvalue weighted by Crippen LogP contribution is -2.48. The number of aromatic nitrogens is 1. The molecule has 1 N–H and O–H groups in total. The van der Waals surface area contributed by atoms with Crippen LogP contribution in [0, 0.1) is 0 Å². The molecule has 23 heavy (non-hydrogen) atoms. The van der Waals surface area contributed by atoms with Gasteiger partial charge in [-0.05, 0) is 36.8 Å². The van der Waals surface area contributed by atoms with E-state index in [1.165, 1.54) is 10.8 Å². The average Bonchev–Trinajstić information content (AvgIpc) is 2.98. The van der Waals surface area contributed by atoms with E-state index in [1.807, 2.05) is 43.0 Å². The molecule has 2 atom stereocenters. The molecule has 4 nitrogen and oxygen atoms in total. The molecule has 4 rings (SSSR count). The van der Waals surface area contributed by atoms with Crippen LogP contribution in [-0.2, 0) is 4.74 Å². The monoisotopic (exact) mass is 308 g/mol. The fourth-order valence-electron chi connectivity index (χ4n) is 3.51. The van der Waals surface area contributed by atoms with Crippen LogP contribution in [0.1, 0.15) is 24.3 Å². The Labute approximate surface area is 135 Å². The summed E-state index contributed by atoms with van der Waals surface area (Å²) in [4.78, 5) is 18.0. The summed E-state index contributed by atoms with van der Waals surface area (Å²) in [6.45, 7) is 5.29. The van der Waals surface area contributed by atoms with Crippen LogP contribution in [0.2, 0.25) is 0 Å². The molecule has 0 bridgehead atoms. The van der Waals surface area contributed by atoms with Crippen LogP contribution in [0.4, 0.5) is 0 Å². The third-order valence-corrected chi connectivity index (χ3v) is 4.47. The highest BCUT2D eigenvalue weighted by Gasteiger charge is 2.27. The Kier molecular flexibility index (Phi) is 3.34. The first-order chi connectivity index (χ1) is 11.1. The molecule has 2 aromatic carbocycles. The maximum Gasteiger partial charge on any atom is 0.270 e. The van der Waals surface area contributed by atoms with Crippen molar-refractivity contribution in [2.24, 2.45) is 0 Å². The van der Waals surface area contributed by atoms with Crippen molar-refractivity contribution in [2.75, 3.05) is 13.1 Å². The van der Waals surface area contributed by atoms with E-state index >= 15 is 0 Å². The molecule has 2 unspecified atom stereocenters. The predicted molar refractivity (Wildman–Crippen MR) is 91.7 cm³/mol. The molecular weight excluding hydrogens is 288 g/mol. The molecule has 1 fully saturated rings. The Morgan fingerprint density at radius 1 is 1.09 bits per heavy atom. The zero-order chi connectivity index (χ0) is 16.0. The van der Waals surface area contributed by atoms with Gasteiger partial charge in [0, 0.05) is 24.0 Å². The summed E-state index contributed by atoms with van der Waals surface area (Å²) < 4.78 is 5.71. The lowest BCUT2D eigenvalue weighted by Gasteiger charge is -2.35. The highest BCUT2D eigenvalue weighted by atomic mass is 16.5. The van der Waals surface area contributed by atoms with Gasteiger partial charge in [0.2, 0.25) is 0 Å². The summed E-state index contributed by atoms with van der Waals surface area (Å²) in [6, 6.07) is 14.4. The molecule has 0 spiro atoms. The van der Waals surface area contributed by atoms with Crippen LogP contribution in [-0.4, -0.2) is 41.1 Å². The van der Waals surface area contributed by atoms with Crippen molar-refractivity contribution in [1.82, 2.24) is 9.88 Å². The van der Waals surface area contributed by atoms with Gasteiger partial charge in [0.15, 0.2) is 0 Å².